The summed E-state index contributed by atoms with van der Waals surface area (Å²) in [5.41, 5.74) is 4.56. The lowest BCUT2D eigenvalue weighted by molar-refractivity contribution is -0.139. The van der Waals surface area contributed by atoms with Gasteiger partial charge in [-0.05, 0) is 31.6 Å². The molecule has 19 heavy (non-hydrogen) atoms. The molecular weight excluding hydrogens is 250 g/mol. The van der Waals surface area contributed by atoms with E-state index < -0.39 is 23.6 Å². The van der Waals surface area contributed by atoms with Crippen molar-refractivity contribution in [2.45, 2.75) is 44.2 Å². The summed E-state index contributed by atoms with van der Waals surface area (Å²) in [6.07, 6.45) is 2.98. The van der Waals surface area contributed by atoms with Gasteiger partial charge < -0.3 is 16.2 Å². The number of rotatable bonds is 3. The van der Waals surface area contributed by atoms with Crippen LogP contribution in [0.3, 0.4) is 0 Å². The summed E-state index contributed by atoms with van der Waals surface area (Å²) < 4.78 is 0. The molecule has 1 saturated heterocycles. The highest BCUT2D eigenvalue weighted by atomic mass is 16.4. The van der Waals surface area contributed by atoms with Gasteiger partial charge in [-0.25, -0.2) is 4.79 Å². The van der Waals surface area contributed by atoms with Crippen LogP contribution in [0.25, 0.3) is 0 Å². The topological polar surface area (TPSA) is 113 Å². The molecular formula is C12H19N3O4. The minimum atomic E-state index is -1.24. The molecule has 2 fully saturated rings. The van der Waals surface area contributed by atoms with Gasteiger partial charge in [0.1, 0.15) is 11.6 Å². The van der Waals surface area contributed by atoms with Gasteiger partial charge in [0.05, 0.1) is 6.54 Å². The van der Waals surface area contributed by atoms with Crippen LogP contribution in [0, 0.1) is 5.92 Å². The van der Waals surface area contributed by atoms with Crippen molar-refractivity contribution in [3.8, 4) is 0 Å². The monoisotopic (exact) mass is 269 g/mol. The second-order valence-corrected chi connectivity index (χ2v) is 5.56. The zero-order chi connectivity index (χ0) is 14.2. The van der Waals surface area contributed by atoms with Gasteiger partial charge >= 0.3 is 12.0 Å². The predicted molar refractivity (Wildman–Crippen MR) is 66.2 cm³/mol. The maximum absolute atomic E-state index is 12.4. The molecule has 0 aromatic rings. The quantitative estimate of drug-likeness (QED) is 0.619. The molecule has 1 heterocycles. The Morgan fingerprint density at radius 3 is 2.63 bits per heavy atom. The number of nitrogens with two attached hydrogens (primary N) is 1. The molecule has 1 unspecified atom stereocenters. The average Bonchev–Trinajstić information content (AvgIpc) is 2.58. The molecule has 0 radical (unpaired) electrons. The number of hydrogen-bond acceptors (Lipinski definition) is 4. The number of carboxylic acid groups (broad SMARTS) is 1. The maximum Gasteiger partial charge on any atom is 0.325 e. The van der Waals surface area contributed by atoms with Gasteiger partial charge in [-0.3, -0.25) is 14.5 Å². The number of carbonyl (C=O) groups is 3. The first kappa shape index (κ1) is 13.8. The Labute approximate surface area is 111 Å². The summed E-state index contributed by atoms with van der Waals surface area (Å²) in [4.78, 5) is 35.9. The Hall–Kier alpha value is -1.63. The van der Waals surface area contributed by atoms with E-state index >= 15 is 0 Å². The van der Waals surface area contributed by atoms with E-state index in [1.54, 1.807) is 0 Å². The highest BCUT2D eigenvalue weighted by Crippen LogP contribution is 2.36. The molecule has 1 spiro atoms. The standard InChI is InChI=1S/C12H19N3O4/c1-7-2-4-12(5-3-7)10(18)15(11(19)14-12)6-8(13)9(16)17/h7-8H,2-6,13H2,1H3,(H,14,19)(H,16,17). The maximum atomic E-state index is 12.4. The van der Waals surface area contributed by atoms with Gasteiger partial charge in [-0.2, -0.15) is 0 Å². The fourth-order valence-corrected chi connectivity index (χ4v) is 2.71. The smallest absolute Gasteiger partial charge is 0.325 e. The Balaban J connectivity index is 2.10. The first-order chi connectivity index (χ1) is 8.85. The normalized spacial score (nSPS) is 32.5. The number of amides is 3. The third-order valence-corrected chi connectivity index (χ3v) is 4.07. The second-order valence-electron chi connectivity index (χ2n) is 5.56. The Kier molecular flexibility index (Phi) is 3.49. The van der Waals surface area contributed by atoms with Crippen molar-refractivity contribution < 1.29 is 19.5 Å². The van der Waals surface area contributed by atoms with Crippen molar-refractivity contribution in [3.63, 3.8) is 0 Å². The highest BCUT2D eigenvalue weighted by molar-refractivity contribution is 6.07. The van der Waals surface area contributed by atoms with Gasteiger partial charge in [0.2, 0.25) is 0 Å². The number of nitrogens with one attached hydrogen (secondary N) is 1. The van der Waals surface area contributed by atoms with Crippen LogP contribution in [-0.4, -0.2) is 46.0 Å². The lowest BCUT2D eigenvalue weighted by Crippen LogP contribution is -2.50. The predicted octanol–water partition coefficient (Wildman–Crippen LogP) is -0.101. The number of urea groups is 1. The summed E-state index contributed by atoms with van der Waals surface area (Å²) in [5.74, 6) is -1.01. The molecule has 1 saturated carbocycles. The van der Waals surface area contributed by atoms with Crippen LogP contribution in [0.4, 0.5) is 4.79 Å². The van der Waals surface area contributed by atoms with Crippen LogP contribution in [0.2, 0.25) is 0 Å². The zero-order valence-electron chi connectivity index (χ0n) is 10.9. The summed E-state index contributed by atoms with van der Waals surface area (Å²) in [7, 11) is 0. The van der Waals surface area contributed by atoms with E-state index in [1.165, 1.54) is 0 Å². The third kappa shape index (κ3) is 2.42. The molecule has 106 valence electrons. The molecule has 3 amide bonds. The number of aliphatic carboxylic acids is 1. The summed E-state index contributed by atoms with van der Waals surface area (Å²) in [6.45, 7) is 1.84. The molecule has 7 nitrogen and oxygen atoms in total. The van der Waals surface area contributed by atoms with Gasteiger partial charge in [0.25, 0.3) is 5.91 Å². The lowest BCUT2D eigenvalue weighted by Gasteiger charge is -2.33. The summed E-state index contributed by atoms with van der Waals surface area (Å²) >= 11 is 0. The largest absolute Gasteiger partial charge is 0.480 e. The van der Waals surface area contributed by atoms with Crippen LogP contribution in [-0.2, 0) is 9.59 Å². The van der Waals surface area contributed by atoms with Gasteiger partial charge in [-0.1, -0.05) is 6.92 Å². The van der Waals surface area contributed by atoms with Crippen molar-refractivity contribution in [1.82, 2.24) is 10.2 Å². The number of nitrogens with zero attached hydrogens (tertiary/aromatic N) is 1. The highest BCUT2D eigenvalue weighted by Gasteiger charge is 2.52. The van der Waals surface area contributed by atoms with Gasteiger partial charge in [-0.15, -0.1) is 0 Å². The minimum Gasteiger partial charge on any atom is -0.480 e. The number of hydrogen-bond donors (Lipinski definition) is 3. The van der Waals surface area contributed by atoms with Crippen molar-refractivity contribution in [3.05, 3.63) is 0 Å². The van der Waals surface area contributed by atoms with Crippen LogP contribution in [0.15, 0.2) is 0 Å². The van der Waals surface area contributed by atoms with E-state index in [2.05, 4.69) is 12.2 Å². The first-order valence-corrected chi connectivity index (χ1v) is 6.48. The Morgan fingerprint density at radius 2 is 2.11 bits per heavy atom. The van der Waals surface area contributed by atoms with E-state index in [4.69, 9.17) is 10.8 Å². The summed E-state index contributed by atoms with van der Waals surface area (Å²) in [6, 6.07) is -1.77. The van der Waals surface area contributed by atoms with Crippen molar-refractivity contribution >= 4 is 17.9 Å². The van der Waals surface area contributed by atoms with Crippen molar-refractivity contribution in [2.24, 2.45) is 11.7 Å². The third-order valence-electron chi connectivity index (χ3n) is 4.07. The Morgan fingerprint density at radius 1 is 1.53 bits per heavy atom. The SMILES string of the molecule is CC1CCC2(CC1)NC(=O)N(CC(N)C(=O)O)C2=O. The Bertz CT molecular complexity index is 415. The van der Waals surface area contributed by atoms with Crippen molar-refractivity contribution in [2.75, 3.05) is 6.54 Å². The minimum absolute atomic E-state index is 0.280. The van der Waals surface area contributed by atoms with Gasteiger partial charge in [0, 0.05) is 0 Å². The molecule has 1 aliphatic carbocycles. The molecule has 1 atom stereocenters. The molecule has 2 aliphatic rings. The number of carboxylic acids is 1. The molecule has 0 bridgehead atoms. The molecule has 7 heteroatoms. The van der Waals surface area contributed by atoms with Gasteiger partial charge in [0.15, 0.2) is 0 Å². The molecule has 4 N–H and O–H groups in total. The molecule has 0 aromatic heterocycles. The van der Waals surface area contributed by atoms with Crippen molar-refractivity contribution in [1.29, 1.82) is 0 Å². The molecule has 2 rings (SSSR count). The van der Waals surface area contributed by atoms with E-state index in [1.807, 2.05) is 0 Å². The van der Waals surface area contributed by atoms with Crippen LogP contribution in [0.5, 0.6) is 0 Å². The summed E-state index contributed by atoms with van der Waals surface area (Å²) in [5, 5.41) is 11.5. The van der Waals surface area contributed by atoms with E-state index in [0.717, 1.165) is 17.7 Å². The van der Waals surface area contributed by atoms with E-state index in [0.29, 0.717) is 18.8 Å². The van der Waals surface area contributed by atoms with E-state index in [-0.39, 0.29) is 12.5 Å². The number of imide groups is 1. The second kappa shape index (κ2) is 4.80. The van der Waals surface area contributed by atoms with E-state index in [9.17, 15) is 14.4 Å². The molecule has 1 aliphatic heterocycles. The van der Waals surface area contributed by atoms with Crippen LogP contribution >= 0.6 is 0 Å². The number of carbonyl (C=O) groups excluding carboxylic acids is 2. The first-order valence-electron chi connectivity index (χ1n) is 6.48. The zero-order valence-corrected chi connectivity index (χ0v) is 10.9. The van der Waals surface area contributed by atoms with Crippen LogP contribution < -0.4 is 11.1 Å². The van der Waals surface area contributed by atoms with Crippen LogP contribution in [0.1, 0.15) is 32.6 Å². The fourth-order valence-electron chi connectivity index (χ4n) is 2.71. The molecule has 0 aromatic carbocycles. The average molecular weight is 269 g/mol. The fraction of sp³-hybridized carbons (Fsp3) is 0.750. The lowest BCUT2D eigenvalue weighted by atomic mass is 9.77.